The van der Waals surface area contributed by atoms with Gasteiger partial charge in [-0.3, -0.25) is 0 Å². The fraction of sp³-hybridized carbons (Fsp3) is 0.120. The number of rotatable bonds is 9. The Bertz CT molecular complexity index is 4240. The maximum absolute atomic E-state index is 6.91. The SMILES string of the molecule is CC(C)(C)c1ccnc(-n2c3[c-]c(Oc4[c-]c(N5[CH-]N(c6c(-c7ccccc7)cc(C(C)(C)C)cc6-c6ccccc6)c6ccccc65)ccc4)ccc3c3ccc(C4(c5ccccc5)c5ccccc5-c5ccccc54)cc32)c1.[Pt]. The third-order valence-corrected chi connectivity index (χ3v) is 16.3. The summed E-state index contributed by atoms with van der Waals surface area (Å²) >= 11 is 0. The average molecular weight is 1230 g/mol. The molecule has 0 amide bonds. The summed E-state index contributed by atoms with van der Waals surface area (Å²) in [7, 11) is 0. The number of hydrogen-bond donors (Lipinski definition) is 0. The van der Waals surface area contributed by atoms with Crippen LogP contribution in [0.15, 0.2) is 243 Å². The van der Waals surface area contributed by atoms with Gasteiger partial charge in [0, 0.05) is 72.5 Å². The van der Waals surface area contributed by atoms with Gasteiger partial charge in [0.15, 0.2) is 0 Å². The van der Waals surface area contributed by atoms with Crippen molar-refractivity contribution in [1.82, 2.24) is 9.55 Å². The third-order valence-electron chi connectivity index (χ3n) is 16.3. The van der Waals surface area contributed by atoms with E-state index in [4.69, 9.17) is 9.72 Å². The van der Waals surface area contributed by atoms with Crippen LogP contribution in [0.1, 0.15) is 74.9 Å². The van der Waals surface area contributed by atoms with Crippen molar-refractivity contribution >= 4 is 44.6 Å². The van der Waals surface area contributed by atoms with Gasteiger partial charge in [0.05, 0.1) is 5.41 Å². The van der Waals surface area contributed by atoms with Gasteiger partial charge >= 0.3 is 0 Å². The summed E-state index contributed by atoms with van der Waals surface area (Å²) in [4.78, 5) is 9.71. The smallest absolute Gasteiger partial charge is 0.135 e. The minimum atomic E-state index is -0.570. The minimum Gasteiger partial charge on any atom is -0.509 e. The Labute approximate surface area is 490 Å². The number of anilines is 4. The van der Waals surface area contributed by atoms with E-state index in [-0.39, 0.29) is 31.9 Å². The van der Waals surface area contributed by atoms with Crippen LogP contribution in [0.25, 0.3) is 61.0 Å². The molecule has 3 heterocycles. The van der Waals surface area contributed by atoms with Crippen molar-refractivity contribution in [2.24, 2.45) is 0 Å². The number of fused-ring (bicyclic) bond motifs is 7. The molecule has 0 spiro atoms. The van der Waals surface area contributed by atoms with E-state index in [1.807, 2.05) is 24.4 Å². The van der Waals surface area contributed by atoms with Crippen molar-refractivity contribution in [3.05, 3.63) is 295 Å². The summed E-state index contributed by atoms with van der Waals surface area (Å²) in [5.74, 6) is 1.98. The molecule has 5 nitrogen and oxygen atoms in total. The van der Waals surface area contributed by atoms with Crippen LogP contribution in [0.3, 0.4) is 0 Å². The van der Waals surface area contributed by atoms with Gasteiger partial charge in [0.1, 0.15) is 5.82 Å². The van der Waals surface area contributed by atoms with E-state index in [2.05, 4.69) is 293 Å². The Morgan fingerprint density at radius 3 is 1.64 bits per heavy atom. The van der Waals surface area contributed by atoms with Crippen LogP contribution in [0.5, 0.6) is 11.5 Å². The number of aromatic nitrogens is 2. The standard InChI is InChI=1S/C75H59N4O.Pt/c1-73(2,3)53-41-42-76-71(46-53)79-69-45-54(75(52-27-14-9-15-28-52)65-33-18-16-31-59(65)60-32-17-19-34-66(60)75)37-39-61(69)62-40-38-58(48-70(62)79)80-57-30-22-29-56(47-57)77-49-78(68-36-21-20-35-67(68)77)72-63(50-23-10-7-11-24-50)43-55(74(4,5)6)44-64(72)51-25-12-8-13-26-51;/h7-46,49H,1-6H3;/q-3;. The second kappa shape index (κ2) is 20.1. The van der Waals surface area contributed by atoms with E-state index in [9.17, 15) is 0 Å². The van der Waals surface area contributed by atoms with Crippen molar-refractivity contribution in [3.63, 3.8) is 0 Å². The first-order valence-electron chi connectivity index (χ1n) is 27.7. The summed E-state index contributed by atoms with van der Waals surface area (Å²) < 4.78 is 9.19. The number of para-hydroxylation sites is 2. The van der Waals surface area contributed by atoms with Crippen LogP contribution in [-0.2, 0) is 37.3 Å². The van der Waals surface area contributed by atoms with E-state index in [0.29, 0.717) is 11.5 Å². The van der Waals surface area contributed by atoms with Gasteiger partial charge in [-0.05, 0) is 114 Å². The molecule has 0 fully saturated rings. The van der Waals surface area contributed by atoms with Crippen LogP contribution in [0.4, 0.5) is 22.7 Å². The van der Waals surface area contributed by atoms with Crippen molar-refractivity contribution in [3.8, 4) is 50.7 Å². The van der Waals surface area contributed by atoms with Gasteiger partial charge in [0.25, 0.3) is 0 Å². The molecule has 1 aliphatic heterocycles. The van der Waals surface area contributed by atoms with E-state index < -0.39 is 5.41 Å². The Morgan fingerprint density at radius 2 is 1.01 bits per heavy atom. The van der Waals surface area contributed by atoms with E-state index >= 15 is 0 Å². The van der Waals surface area contributed by atoms with Crippen molar-refractivity contribution in [2.75, 3.05) is 9.80 Å². The molecule has 10 aromatic carbocycles. The maximum atomic E-state index is 6.91. The molecule has 0 saturated heterocycles. The van der Waals surface area contributed by atoms with Gasteiger partial charge < -0.3 is 19.1 Å². The molecule has 0 atom stereocenters. The molecular weight excluding hydrogens is 1170 g/mol. The summed E-state index contributed by atoms with van der Waals surface area (Å²) in [6.45, 7) is 15.8. The Kier molecular flexibility index (Phi) is 12.8. The average Bonchev–Trinajstić information content (AvgIpc) is 2.53. The van der Waals surface area contributed by atoms with E-state index in [1.165, 1.54) is 44.5 Å². The van der Waals surface area contributed by atoms with Crippen LogP contribution in [0, 0.1) is 18.8 Å². The van der Waals surface area contributed by atoms with Crippen LogP contribution in [0.2, 0.25) is 0 Å². The first-order valence-corrected chi connectivity index (χ1v) is 27.7. The van der Waals surface area contributed by atoms with Crippen LogP contribution < -0.4 is 14.5 Å². The number of hydrogen-bond acceptors (Lipinski definition) is 4. The van der Waals surface area contributed by atoms with Gasteiger partial charge in [-0.15, -0.1) is 48.1 Å². The van der Waals surface area contributed by atoms with Gasteiger partial charge in [-0.2, -0.15) is 12.1 Å². The number of benzene rings is 10. The minimum absolute atomic E-state index is 0. The summed E-state index contributed by atoms with van der Waals surface area (Å²) in [6.07, 6.45) is 1.94. The van der Waals surface area contributed by atoms with E-state index in [0.717, 1.165) is 72.6 Å². The summed E-state index contributed by atoms with van der Waals surface area (Å²) in [5.41, 5.74) is 19.8. The second-order valence-electron chi connectivity index (χ2n) is 23.3. The molecule has 0 radical (unpaired) electrons. The number of nitrogens with zero attached hydrogens (tertiary/aromatic N) is 4. The molecule has 1 aliphatic carbocycles. The number of ether oxygens (including phenoxy) is 1. The molecule has 0 N–H and O–H groups in total. The third kappa shape index (κ3) is 8.69. The molecule has 398 valence electrons. The van der Waals surface area contributed by atoms with Crippen LogP contribution >= 0.6 is 0 Å². The summed E-state index contributed by atoms with van der Waals surface area (Å²) in [6, 6.07) is 93.0. The van der Waals surface area contributed by atoms with Crippen molar-refractivity contribution < 1.29 is 25.8 Å². The molecule has 2 aromatic heterocycles. The molecule has 0 unspecified atom stereocenters. The topological polar surface area (TPSA) is 33.5 Å². The first-order chi connectivity index (χ1) is 38.9. The Morgan fingerprint density at radius 1 is 0.457 bits per heavy atom. The monoisotopic (exact) mass is 1230 g/mol. The molecular formula is C75H59N4OPt-3. The Balaban J connectivity index is 0.00000618. The molecule has 2 aliphatic rings. The van der Waals surface area contributed by atoms with Gasteiger partial charge in [0.2, 0.25) is 0 Å². The Hall–Kier alpha value is -8.76. The van der Waals surface area contributed by atoms with Crippen molar-refractivity contribution in [1.29, 1.82) is 0 Å². The molecule has 0 saturated carbocycles. The molecule has 0 bridgehead atoms. The molecule has 14 rings (SSSR count). The fourth-order valence-electron chi connectivity index (χ4n) is 12.4. The second-order valence-corrected chi connectivity index (χ2v) is 23.3. The van der Waals surface area contributed by atoms with Gasteiger partial charge in [-0.25, -0.2) is 4.98 Å². The molecule has 12 aromatic rings. The van der Waals surface area contributed by atoms with Crippen molar-refractivity contribution in [2.45, 2.75) is 57.8 Å². The molecule has 6 heteroatoms. The van der Waals surface area contributed by atoms with Crippen LogP contribution in [-0.4, -0.2) is 9.55 Å². The molecule has 81 heavy (non-hydrogen) atoms. The predicted octanol–water partition coefficient (Wildman–Crippen LogP) is 19.3. The fourth-order valence-corrected chi connectivity index (χ4v) is 12.4. The number of pyridine rings is 1. The first kappa shape index (κ1) is 51.7. The zero-order chi connectivity index (χ0) is 54.3. The largest absolute Gasteiger partial charge is 0.509 e. The predicted molar refractivity (Wildman–Crippen MR) is 330 cm³/mol. The zero-order valence-electron chi connectivity index (χ0n) is 46.2. The summed E-state index contributed by atoms with van der Waals surface area (Å²) in [5, 5.41) is 2.17. The zero-order valence-corrected chi connectivity index (χ0v) is 48.5. The maximum Gasteiger partial charge on any atom is 0.135 e. The van der Waals surface area contributed by atoms with E-state index in [1.54, 1.807) is 0 Å². The normalized spacial score (nSPS) is 13.5. The quantitative estimate of drug-likeness (QED) is 0.135. The van der Waals surface area contributed by atoms with Gasteiger partial charge in [-0.1, -0.05) is 211 Å².